The van der Waals surface area contributed by atoms with Crippen LogP contribution in [0.5, 0.6) is 11.5 Å². The Labute approximate surface area is 234 Å². The van der Waals surface area contributed by atoms with Crippen molar-refractivity contribution < 1.29 is 30.0 Å². The predicted octanol–water partition coefficient (Wildman–Crippen LogP) is 4.36. The summed E-state index contributed by atoms with van der Waals surface area (Å²) in [6.45, 7) is 1.91. The predicted molar refractivity (Wildman–Crippen MR) is 153 cm³/mol. The van der Waals surface area contributed by atoms with Crippen molar-refractivity contribution in [2.24, 2.45) is 0 Å². The molecular formula is C31H35N3O6. The average Bonchev–Trinajstić information content (AvgIpc) is 3.38. The Hall–Kier alpha value is -4.79. The van der Waals surface area contributed by atoms with Gasteiger partial charge >= 0.3 is 5.97 Å². The lowest BCUT2D eigenvalue weighted by Crippen LogP contribution is -2.47. The number of hydrogen-bond donors (Lipinski definition) is 2. The third-order valence-electron chi connectivity index (χ3n) is 6.59. The number of rotatable bonds is 12. The largest absolute Gasteiger partial charge is 0.496 e. The van der Waals surface area contributed by atoms with Crippen LogP contribution in [-0.2, 0) is 27.3 Å². The molecule has 0 fully saturated rings. The molecule has 1 atom stereocenters. The molecule has 9 nitrogen and oxygen atoms in total. The lowest BCUT2D eigenvalue weighted by Gasteiger charge is -2.28. The van der Waals surface area contributed by atoms with Crippen molar-refractivity contribution >= 4 is 28.7 Å². The van der Waals surface area contributed by atoms with Crippen LogP contribution in [0.4, 0.5) is 0 Å². The van der Waals surface area contributed by atoms with Gasteiger partial charge in [-0.3, -0.25) is 9.59 Å². The van der Waals surface area contributed by atoms with Gasteiger partial charge in [-0.25, -0.2) is 4.79 Å². The Bertz CT molecular complexity index is 1470. The number of aromatic amines is 1. The zero-order valence-corrected chi connectivity index (χ0v) is 22.8. The number of fused-ring (bicyclic) bond motifs is 1. The van der Waals surface area contributed by atoms with Crippen LogP contribution < -0.4 is 14.8 Å². The summed E-state index contributed by atoms with van der Waals surface area (Å²) >= 11 is 0. The number of H-pyrrole nitrogens is 1. The normalized spacial score (nSPS) is 11.5. The molecule has 1 aromatic heterocycles. The SMILES string of the molecule is COC(=O)c1ccc(OCC(=O)NC(Cc2c[nH]c3ccccc23)CN(Cc2ccccc2OC)C(C)=O)cc1.[HH]. The van der Waals surface area contributed by atoms with Crippen molar-refractivity contribution in [1.82, 2.24) is 15.2 Å². The minimum absolute atomic E-state index is 0. The Morgan fingerprint density at radius 1 is 0.950 bits per heavy atom. The summed E-state index contributed by atoms with van der Waals surface area (Å²) in [7, 11) is 2.91. The van der Waals surface area contributed by atoms with E-state index < -0.39 is 12.0 Å². The van der Waals surface area contributed by atoms with Crippen LogP contribution in [0, 0.1) is 0 Å². The van der Waals surface area contributed by atoms with E-state index >= 15 is 0 Å². The Balaban J connectivity index is 0.00000462. The number of methoxy groups -OCH3 is 2. The van der Waals surface area contributed by atoms with Crippen LogP contribution in [0.25, 0.3) is 10.9 Å². The van der Waals surface area contributed by atoms with Crippen molar-refractivity contribution in [3.63, 3.8) is 0 Å². The second-order valence-electron chi connectivity index (χ2n) is 9.34. The van der Waals surface area contributed by atoms with Gasteiger partial charge in [0.05, 0.1) is 25.8 Å². The van der Waals surface area contributed by atoms with Crippen molar-refractivity contribution in [2.45, 2.75) is 25.9 Å². The first-order valence-electron chi connectivity index (χ1n) is 12.9. The van der Waals surface area contributed by atoms with Gasteiger partial charge in [0.2, 0.25) is 5.91 Å². The molecule has 0 aliphatic heterocycles. The molecule has 0 radical (unpaired) electrons. The molecule has 4 rings (SSSR count). The molecule has 2 amide bonds. The highest BCUT2D eigenvalue weighted by atomic mass is 16.5. The summed E-state index contributed by atoms with van der Waals surface area (Å²) in [5.74, 6) is 0.233. The van der Waals surface area contributed by atoms with Crippen molar-refractivity contribution in [3.05, 3.63) is 95.7 Å². The summed E-state index contributed by atoms with van der Waals surface area (Å²) in [6, 6.07) is 21.5. The molecule has 2 N–H and O–H groups in total. The molecular weight excluding hydrogens is 510 g/mol. The van der Waals surface area contributed by atoms with E-state index in [1.54, 1.807) is 36.3 Å². The van der Waals surface area contributed by atoms with Crippen LogP contribution in [0.15, 0.2) is 79.0 Å². The highest BCUT2D eigenvalue weighted by Gasteiger charge is 2.22. The molecule has 3 aromatic carbocycles. The quantitative estimate of drug-likeness (QED) is 0.256. The van der Waals surface area contributed by atoms with Crippen LogP contribution in [0.2, 0.25) is 0 Å². The molecule has 40 heavy (non-hydrogen) atoms. The maximum Gasteiger partial charge on any atom is 0.337 e. The fourth-order valence-corrected chi connectivity index (χ4v) is 4.56. The van der Waals surface area contributed by atoms with E-state index in [0.29, 0.717) is 30.0 Å². The van der Waals surface area contributed by atoms with Crippen molar-refractivity contribution in [3.8, 4) is 11.5 Å². The van der Waals surface area contributed by atoms with Gasteiger partial charge in [-0.15, -0.1) is 0 Å². The highest BCUT2D eigenvalue weighted by molar-refractivity contribution is 5.89. The monoisotopic (exact) mass is 545 g/mol. The maximum absolute atomic E-state index is 13.0. The van der Waals surface area contributed by atoms with Crippen molar-refractivity contribution in [2.75, 3.05) is 27.4 Å². The number of amides is 2. The molecule has 0 saturated carbocycles. The maximum atomic E-state index is 13.0. The molecule has 0 bridgehead atoms. The van der Waals surface area contributed by atoms with E-state index in [-0.39, 0.29) is 26.4 Å². The summed E-state index contributed by atoms with van der Waals surface area (Å²) in [5.41, 5.74) is 3.29. The summed E-state index contributed by atoms with van der Waals surface area (Å²) in [6.07, 6.45) is 2.43. The number of benzene rings is 3. The number of hydrogen-bond acceptors (Lipinski definition) is 6. The smallest absolute Gasteiger partial charge is 0.337 e. The van der Waals surface area contributed by atoms with Gasteiger partial charge < -0.3 is 29.4 Å². The van der Waals surface area contributed by atoms with E-state index in [9.17, 15) is 14.4 Å². The van der Waals surface area contributed by atoms with Gasteiger partial charge in [0.25, 0.3) is 5.91 Å². The van der Waals surface area contributed by atoms with Gasteiger partial charge in [-0.2, -0.15) is 0 Å². The van der Waals surface area contributed by atoms with Gasteiger partial charge in [-0.05, 0) is 48.4 Å². The first kappa shape index (κ1) is 28.2. The number of esters is 1. The molecule has 4 aromatic rings. The topological polar surface area (TPSA) is 110 Å². The standard InChI is InChI=1S/C31H33N3O6.H2/c1-21(35)34(18-23-8-4-7-11-29(23)38-2)19-25(16-24-17-32-28-10-6-5-9-27(24)28)33-30(36)20-40-26-14-12-22(13-15-26)31(37)39-3;/h4-15,17,25,32H,16,18-20H2,1-3H3,(H,33,36);1H. The second-order valence-corrected chi connectivity index (χ2v) is 9.34. The molecule has 0 saturated heterocycles. The number of para-hydroxylation sites is 2. The highest BCUT2D eigenvalue weighted by Crippen LogP contribution is 2.22. The van der Waals surface area contributed by atoms with Gasteiger partial charge in [0.15, 0.2) is 6.61 Å². The second kappa shape index (κ2) is 13.3. The van der Waals surface area contributed by atoms with Crippen LogP contribution >= 0.6 is 0 Å². The average molecular weight is 546 g/mol. The van der Waals surface area contributed by atoms with Gasteiger partial charge in [-0.1, -0.05) is 36.4 Å². The van der Waals surface area contributed by atoms with E-state index in [1.165, 1.54) is 14.0 Å². The Morgan fingerprint density at radius 2 is 1.68 bits per heavy atom. The molecule has 0 spiro atoms. The lowest BCUT2D eigenvalue weighted by atomic mass is 10.0. The number of aromatic nitrogens is 1. The first-order chi connectivity index (χ1) is 19.4. The molecule has 1 heterocycles. The summed E-state index contributed by atoms with van der Waals surface area (Å²) in [5, 5.41) is 4.11. The third kappa shape index (κ3) is 7.19. The molecule has 210 valence electrons. The molecule has 1 unspecified atom stereocenters. The number of nitrogens with one attached hydrogen (secondary N) is 2. The van der Waals surface area contributed by atoms with Crippen LogP contribution in [0.1, 0.15) is 29.8 Å². The van der Waals surface area contributed by atoms with Gasteiger partial charge in [0.1, 0.15) is 11.5 Å². The zero-order valence-electron chi connectivity index (χ0n) is 22.8. The number of carbonyl (C=O) groups excluding carboxylic acids is 3. The minimum Gasteiger partial charge on any atom is -0.496 e. The summed E-state index contributed by atoms with van der Waals surface area (Å²) < 4.78 is 15.8. The fraction of sp³-hybridized carbons (Fsp3) is 0.258. The summed E-state index contributed by atoms with van der Waals surface area (Å²) in [4.78, 5) is 42.3. The Morgan fingerprint density at radius 3 is 2.40 bits per heavy atom. The van der Waals surface area contributed by atoms with Crippen LogP contribution in [0.3, 0.4) is 0 Å². The number of nitrogens with zero attached hydrogens (tertiary/aromatic N) is 1. The van der Waals surface area contributed by atoms with Gasteiger partial charge in [0, 0.05) is 44.1 Å². The molecule has 0 aliphatic rings. The zero-order chi connectivity index (χ0) is 28.5. The van der Waals surface area contributed by atoms with E-state index in [2.05, 4.69) is 10.3 Å². The minimum atomic E-state index is -0.451. The number of carbonyl (C=O) groups is 3. The molecule has 9 heteroatoms. The first-order valence-corrected chi connectivity index (χ1v) is 12.9. The van der Waals surface area contributed by atoms with E-state index in [0.717, 1.165) is 22.0 Å². The molecule has 0 aliphatic carbocycles. The van der Waals surface area contributed by atoms with Crippen LogP contribution in [-0.4, -0.2) is 61.1 Å². The Kier molecular flexibility index (Phi) is 9.40. The van der Waals surface area contributed by atoms with Crippen molar-refractivity contribution in [1.29, 1.82) is 0 Å². The lowest BCUT2D eigenvalue weighted by molar-refractivity contribution is -0.131. The van der Waals surface area contributed by atoms with E-state index in [1.807, 2.05) is 54.7 Å². The fourth-order valence-electron chi connectivity index (χ4n) is 4.56. The number of ether oxygens (including phenoxy) is 3. The third-order valence-corrected chi connectivity index (χ3v) is 6.59. The van der Waals surface area contributed by atoms with E-state index in [4.69, 9.17) is 14.2 Å².